The van der Waals surface area contributed by atoms with Gasteiger partial charge in [-0.15, -0.1) is 0 Å². The quantitative estimate of drug-likeness (QED) is 0.692. The molecule has 92 valence electrons. The molecule has 0 spiro atoms. The summed E-state index contributed by atoms with van der Waals surface area (Å²) in [7, 11) is 0. The van der Waals surface area contributed by atoms with E-state index < -0.39 is 0 Å². The Morgan fingerprint density at radius 3 is 3.06 bits per heavy atom. The second-order valence-electron chi connectivity index (χ2n) is 5.59. The number of nitrogens with two attached hydrogens (primary N) is 1. The Bertz CT molecular complexity index is 399. The summed E-state index contributed by atoms with van der Waals surface area (Å²) in [6, 6.07) is 0.572. The SMILES string of the molecule is C=C1C=CC2=NC3CC(C)C(N)CC3OC2C1. The lowest BCUT2D eigenvalue weighted by atomic mass is 9.80. The second-order valence-corrected chi connectivity index (χ2v) is 5.59. The van der Waals surface area contributed by atoms with Crippen LogP contribution in [0.15, 0.2) is 29.3 Å². The Morgan fingerprint density at radius 2 is 2.24 bits per heavy atom. The molecule has 3 nitrogen and oxygen atoms in total. The highest BCUT2D eigenvalue weighted by Crippen LogP contribution is 2.34. The smallest absolute Gasteiger partial charge is 0.103 e. The molecule has 2 aliphatic carbocycles. The van der Waals surface area contributed by atoms with Crippen molar-refractivity contribution >= 4 is 5.71 Å². The number of hydrogen-bond acceptors (Lipinski definition) is 3. The summed E-state index contributed by atoms with van der Waals surface area (Å²) in [5.74, 6) is 0.545. The zero-order chi connectivity index (χ0) is 12.0. The van der Waals surface area contributed by atoms with Crippen molar-refractivity contribution in [2.75, 3.05) is 0 Å². The van der Waals surface area contributed by atoms with E-state index in [4.69, 9.17) is 15.5 Å². The number of nitrogens with zero attached hydrogens (tertiary/aromatic N) is 1. The maximum absolute atomic E-state index is 6.16. The molecule has 5 atom stereocenters. The van der Waals surface area contributed by atoms with E-state index in [0.29, 0.717) is 12.0 Å². The molecule has 17 heavy (non-hydrogen) atoms. The number of ether oxygens (including phenoxy) is 1. The van der Waals surface area contributed by atoms with Crippen LogP contribution in [0.3, 0.4) is 0 Å². The van der Waals surface area contributed by atoms with Gasteiger partial charge in [-0.05, 0) is 24.8 Å². The monoisotopic (exact) mass is 232 g/mol. The van der Waals surface area contributed by atoms with Crippen LogP contribution in [0, 0.1) is 5.92 Å². The molecule has 0 aromatic carbocycles. The summed E-state index contributed by atoms with van der Waals surface area (Å²) < 4.78 is 6.16. The molecular weight excluding hydrogens is 212 g/mol. The molecule has 0 amide bonds. The predicted molar refractivity (Wildman–Crippen MR) is 69.2 cm³/mol. The number of rotatable bonds is 0. The van der Waals surface area contributed by atoms with Crippen molar-refractivity contribution in [2.45, 2.75) is 50.5 Å². The molecule has 1 heterocycles. The van der Waals surface area contributed by atoms with Crippen LogP contribution in [-0.4, -0.2) is 30.0 Å². The van der Waals surface area contributed by atoms with Crippen LogP contribution in [-0.2, 0) is 4.74 Å². The molecule has 0 radical (unpaired) electrons. The third-order valence-corrected chi connectivity index (χ3v) is 4.20. The van der Waals surface area contributed by atoms with Gasteiger partial charge in [-0.3, -0.25) is 4.99 Å². The van der Waals surface area contributed by atoms with Crippen molar-refractivity contribution in [1.29, 1.82) is 0 Å². The van der Waals surface area contributed by atoms with Crippen molar-refractivity contribution in [1.82, 2.24) is 0 Å². The minimum atomic E-state index is 0.120. The molecule has 1 aliphatic heterocycles. The van der Waals surface area contributed by atoms with Gasteiger partial charge in [0.25, 0.3) is 0 Å². The van der Waals surface area contributed by atoms with Gasteiger partial charge in [0.15, 0.2) is 0 Å². The first kappa shape index (κ1) is 11.2. The molecule has 1 saturated carbocycles. The molecule has 3 rings (SSSR count). The van der Waals surface area contributed by atoms with E-state index >= 15 is 0 Å². The molecule has 5 unspecified atom stereocenters. The van der Waals surface area contributed by atoms with E-state index in [-0.39, 0.29) is 18.2 Å². The third kappa shape index (κ3) is 1.98. The zero-order valence-corrected chi connectivity index (χ0v) is 10.3. The highest BCUT2D eigenvalue weighted by molar-refractivity contribution is 6.00. The standard InChI is InChI=1S/C14H20N2O/c1-8-3-4-11-13(5-8)17-14-7-10(15)9(2)6-12(14)16-11/h3-4,9-10,12-14H,1,5-7,15H2,2H3. The molecule has 0 saturated heterocycles. The average Bonchev–Trinajstić information content (AvgIpc) is 2.28. The van der Waals surface area contributed by atoms with Crippen LogP contribution in [0.4, 0.5) is 0 Å². The predicted octanol–water partition coefficient (Wildman–Crippen LogP) is 1.84. The van der Waals surface area contributed by atoms with Gasteiger partial charge in [0.05, 0.1) is 17.9 Å². The van der Waals surface area contributed by atoms with Crippen LogP contribution in [0.2, 0.25) is 0 Å². The van der Waals surface area contributed by atoms with Crippen molar-refractivity contribution in [3.05, 3.63) is 24.3 Å². The maximum atomic E-state index is 6.16. The Morgan fingerprint density at radius 1 is 1.41 bits per heavy atom. The van der Waals surface area contributed by atoms with Gasteiger partial charge in [-0.1, -0.05) is 25.2 Å². The van der Waals surface area contributed by atoms with Crippen molar-refractivity contribution < 1.29 is 4.74 Å². The minimum Gasteiger partial charge on any atom is -0.366 e. The number of hydrogen-bond donors (Lipinski definition) is 1. The summed E-state index contributed by atoms with van der Waals surface area (Å²) in [5.41, 5.74) is 8.34. The fourth-order valence-corrected chi connectivity index (χ4v) is 3.01. The molecule has 3 heteroatoms. The molecule has 3 aliphatic rings. The lowest BCUT2D eigenvalue weighted by Crippen LogP contribution is -2.51. The Kier molecular flexibility index (Phi) is 2.68. The van der Waals surface area contributed by atoms with E-state index in [1.807, 2.05) is 0 Å². The number of fused-ring (bicyclic) bond motifs is 2. The second kappa shape index (κ2) is 4.07. The van der Waals surface area contributed by atoms with Crippen molar-refractivity contribution in [3.8, 4) is 0 Å². The van der Waals surface area contributed by atoms with Crippen molar-refractivity contribution in [3.63, 3.8) is 0 Å². The van der Waals surface area contributed by atoms with Gasteiger partial charge >= 0.3 is 0 Å². The largest absolute Gasteiger partial charge is 0.366 e. The normalized spacial score (nSPS) is 44.9. The summed E-state index contributed by atoms with van der Waals surface area (Å²) in [5, 5.41) is 0. The zero-order valence-electron chi connectivity index (χ0n) is 10.3. The molecule has 0 aromatic rings. The van der Waals surface area contributed by atoms with Gasteiger partial charge in [0.2, 0.25) is 0 Å². The van der Waals surface area contributed by atoms with Gasteiger partial charge in [-0.25, -0.2) is 0 Å². The number of allylic oxidation sites excluding steroid dienone is 1. The fourth-order valence-electron chi connectivity index (χ4n) is 3.01. The van der Waals surface area contributed by atoms with Gasteiger partial charge < -0.3 is 10.5 Å². The Balaban J connectivity index is 1.85. The van der Waals surface area contributed by atoms with E-state index in [1.165, 1.54) is 0 Å². The fraction of sp³-hybridized carbons (Fsp3) is 0.643. The van der Waals surface area contributed by atoms with Crippen LogP contribution in [0.5, 0.6) is 0 Å². The first-order chi connectivity index (χ1) is 8.13. The third-order valence-electron chi connectivity index (χ3n) is 4.20. The highest BCUT2D eigenvalue weighted by Gasteiger charge is 2.39. The number of aliphatic imine (C=N–C) groups is 1. The Hall–Kier alpha value is -0.930. The Labute approximate surface area is 102 Å². The summed E-state index contributed by atoms with van der Waals surface area (Å²) >= 11 is 0. The van der Waals surface area contributed by atoms with E-state index in [0.717, 1.165) is 30.5 Å². The lowest BCUT2D eigenvalue weighted by Gasteiger charge is -2.42. The van der Waals surface area contributed by atoms with E-state index in [2.05, 4.69) is 25.7 Å². The van der Waals surface area contributed by atoms with E-state index in [1.54, 1.807) is 0 Å². The van der Waals surface area contributed by atoms with Crippen LogP contribution >= 0.6 is 0 Å². The summed E-state index contributed by atoms with van der Waals surface area (Å²) in [6.07, 6.45) is 7.32. The minimum absolute atomic E-state index is 0.120. The molecule has 0 bridgehead atoms. The first-order valence-corrected chi connectivity index (χ1v) is 6.48. The highest BCUT2D eigenvalue weighted by atomic mass is 16.5. The molecular formula is C14H20N2O. The van der Waals surface area contributed by atoms with Crippen molar-refractivity contribution in [2.24, 2.45) is 16.6 Å². The summed E-state index contributed by atoms with van der Waals surface area (Å²) in [6.45, 7) is 6.20. The van der Waals surface area contributed by atoms with Gasteiger partial charge in [-0.2, -0.15) is 0 Å². The lowest BCUT2D eigenvalue weighted by molar-refractivity contribution is -0.0321. The average molecular weight is 232 g/mol. The topological polar surface area (TPSA) is 47.6 Å². The summed E-state index contributed by atoms with van der Waals surface area (Å²) in [4.78, 5) is 4.85. The van der Waals surface area contributed by atoms with Gasteiger partial charge in [0, 0.05) is 12.5 Å². The van der Waals surface area contributed by atoms with E-state index in [9.17, 15) is 0 Å². The maximum Gasteiger partial charge on any atom is 0.103 e. The molecule has 0 aromatic heterocycles. The van der Waals surface area contributed by atoms with Crippen LogP contribution < -0.4 is 5.73 Å². The van der Waals surface area contributed by atoms with Gasteiger partial charge in [0.1, 0.15) is 6.10 Å². The van der Waals surface area contributed by atoms with Crippen LogP contribution in [0.25, 0.3) is 0 Å². The molecule has 2 N–H and O–H groups in total. The first-order valence-electron chi connectivity index (χ1n) is 6.48. The van der Waals surface area contributed by atoms with Crippen LogP contribution in [0.1, 0.15) is 26.2 Å². The molecule has 1 fully saturated rings.